The number of unbranched alkanes of at least 4 members (excludes halogenated alkanes) is 3. The first-order valence-corrected chi connectivity index (χ1v) is 6.66. The minimum atomic E-state index is -0.366. The first-order chi connectivity index (χ1) is 8.06. The van der Waals surface area contributed by atoms with Gasteiger partial charge >= 0.3 is 0 Å². The summed E-state index contributed by atoms with van der Waals surface area (Å²) in [6.07, 6.45) is 5.80. The third-order valence-electron chi connectivity index (χ3n) is 3.35. The zero-order valence-electron chi connectivity index (χ0n) is 11.2. The second-order valence-electron chi connectivity index (χ2n) is 4.95. The van der Waals surface area contributed by atoms with Crippen LogP contribution < -0.4 is 5.32 Å². The van der Waals surface area contributed by atoms with Crippen LogP contribution in [0, 0.1) is 0 Å². The lowest BCUT2D eigenvalue weighted by Gasteiger charge is -2.35. The Labute approximate surface area is 104 Å². The maximum atomic E-state index is 11.9. The second-order valence-corrected chi connectivity index (χ2v) is 4.95. The zero-order valence-corrected chi connectivity index (χ0v) is 11.2. The van der Waals surface area contributed by atoms with E-state index >= 15 is 0 Å². The molecule has 98 valence electrons. The fourth-order valence-electron chi connectivity index (χ4n) is 2.23. The number of rotatable bonds is 6. The highest BCUT2D eigenvalue weighted by Crippen LogP contribution is 2.14. The summed E-state index contributed by atoms with van der Waals surface area (Å²) < 4.78 is 0. The Morgan fingerprint density at radius 1 is 1.35 bits per heavy atom. The fraction of sp³-hybridized carbons (Fsp3) is 0.846. The molecule has 17 heavy (non-hydrogen) atoms. The van der Waals surface area contributed by atoms with E-state index in [1.807, 2.05) is 6.92 Å². The number of hydrogen-bond donors (Lipinski definition) is 1. The predicted molar refractivity (Wildman–Crippen MR) is 67.5 cm³/mol. The van der Waals surface area contributed by atoms with Crippen molar-refractivity contribution in [2.75, 3.05) is 6.54 Å². The summed E-state index contributed by atoms with van der Waals surface area (Å²) in [4.78, 5) is 25.0. The van der Waals surface area contributed by atoms with E-state index in [-0.39, 0.29) is 30.4 Å². The van der Waals surface area contributed by atoms with Crippen LogP contribution in [0.25, 0.3) is 0 Å². The lowest BCUT2D eigenvalue weighted by molar-refractivity contribution is -0.145. The quantitative estimate of drug-likeness (QED) is 0.718. The largest absolute Gasteiger partial charge is 0.343 e. The summed E-state index contributed by atoms with van der Waals surface area (Å²) in [6, 6.07) is -0.192. The minimum absolute atomic E-state index is 0.0440. The summed E-state index contributed by atoms with van der Waals surface area (Å²) in [6.45, 7) is 6.19. The molecule has 0 spiro atoms. The van der Waals surface area contributed by atoms with Crippen LogP contribution in [0.4, 0.5) is 0 Å². The number of nitrogens with one attached hydrogen (secondary N) is 1. The molecule has 2 amide bonds. The third-order valence-corrected chi connectivity index (χ3v) is 3.35. The van der Waals surface area contributed by atoms with Gasteiger partial charge < -0.3 is 10.2 Å². The van der Waals surface area contributed by atoms with E-state index in [1.54, 1.807) is 11.8 Å². The van der Waals surface area contributed by atoms with Gasteiger partial charge in [-0.1, -0.05) is 32.6 Å². The van der Waals surface area contributed by atoms with E-state index in [0.717, 1.165) is 12.8 Å². The van der Waals surface area contributed by atoms with Gasteiger partial charge in [-0.25, -0.2) is 0 Å². The van der Waals surface area contributed by atoms with E-state index in [1.165, 1.54) is 19.3 Å². The monoisotopic (exact) mass is 240 g/mol. The highest BCUT2D eigenvalue weighted by atomic mass is 16.2. The smallest absolute Gasteiger partial charge is 0.245 e. The Kier molecular flexibility index (Phi) is 5.45. The highest BCUT2D eigenvalue weighted by Gasteiger charge is 2.31. The molecule has 0 saturated carbocycles. The molecule has 0 aromatic heterocycles. The van der Waals surface area contributed by atoms with Gasteiger partial charge in [-0.15, -0.1) is 0 Å². The zero-order chi connectivity index (χ0) is 12.8. The maximum Gasteiger partial charge on any atom is 0.245 e. The first kappa shape index (κ1) is 14.0. The van der Waals surface area contributed by atoms with Crippen LogP contribution in [0.15, 0.2) is 0 Å². The molecule has 2 unspecified atom stereocenters. The van der Waals surface area contributed by atoms with Crippen molar-refractivity contribution in [3.63, 3.8) is 0 Å². The SMILES string of the molecule is CCCCCCC(C)N1CC(=O)NC(C)C1=O. The van der Waals surface area contributed by atoms with Gasteiger partial charge in [0.15, 0.2) is 0 Å². The molecular formula is C13H24N2O2. The molecule has 2 atom stereocenters. The van der Waals surface area contributed by atoms with Crippen LogP contribution in [-0.2, 0) is 9.59 Å². The van der Waals surface area contributed by atoms with Gasteiger partial charge in [0.05, 0.1) is 6.54 Å². The van der Waals surface area contributed by atoms with Crippen LogP contribution in [0.5, 0.6) is 0 Å². The van der Waals surface area contributed by atoms with Crippen LogP contribution in [-0.4, -0.2) is 35.3 Å². The van der Waals surface area contributed by atoms with E-state index in [9.17, 15) is 9.59 Å². The van der Waals surface area contributed by atoms with Gasteiger partial charge in [0.25, 0.3) is 0 Å². The Morgan fingerprint density at radius 3 is 2.71 bits per heavy atom. The van der Waals surface area contributed by atoms with Crippen molar-refractivity contribution in [1.29, 1.82) is 0 Å². The summed E-state index contributed by atoms with van der Waals surface area (Å²) in [7, 11) is 0. The molecule has 1 aliphatic heterocycles. The number of piperazine rings is 1. The normalized spacial score (nSPS) is 22.5. The van der Waals surface area contributed by atoms with Gasteiger partial charge in [-0.2, -0.15) is 0 Å². The minimum Gasteiger partial charge on any atom is -0.343 e. The molecule has 0 bridgehead atoms. The van der Waals surface area contributed by atoms with E-state index in [2.05, 4.69) is 12.2 Å². The second kappa shape index (κ2) is 6.62. The summed E-state index contributed by atoms with van der Waals surface area (Å²) in [5.74, 6) is 0.00472. The van der Waals surface area contributed by atoms with E-state index in [0.29, 0.717) is 0 Å². The Balaban J connectivity index is 2.41. The molecule has 1 aliphatic rings. The summed E-state index contributed by atoms with van der Waals surface area (Å²) in [5.41, 5.74) is 0. The van der Waals surface area contributed by atoms with Crippen molar-refractivity contribution in [3.05, 3.63) is 0 Å². The van der Waals surface area contributed by atoms with Crippen molar-refractivity contribution in [3.8, 4) is 0 Å². The molecule has 1 saturated heterocycles. The van der Waals surface area contributed by atoms with Gasteiger partial charge in [0.1, 0.15) is 6.04 Å². The number of amides is 2. The lowest BCUT2D eigenvalue weighted by atomic mass is 10.1. The molecule has 1 rings (SSSR count). The molecule has 0 aromatic rings. The van der Waals surface area contributed by atoms with Gasteiger partial charge in [0.2, 0.25) is 11.8 Å². The number of hydrogen-bond acceptors (Lipinski definition) is 2. The maximum absolute atomic E-state index is 11.9. The van der Waals surface area contributed by atoms with Crippen LogP contribution in [0.2, 0.25) is 0 Å². The van der Waals surface area contributed by atoms with Gasteiger partial charge in [-0.3, -0.25) is 9.59 Å². The molecule has 1 N–H and O–H groups in total. The average Bonchev–Trinajstić information content (AvgIpc) is 2.29. The Morgan fingerprint density at radius 2 is 2.06 bits per heavy atom. The molecule has 0 aliphatic carbocycles. The van der Waals surface area contributed by atoms with Gasteiger partial charge in [0, 0.05) is 6.04 Å². The number of nitrogens with zero attached hydrogens (tertiary/aromatic N) is 1. The van der Waals surface area contributed by atoms with E-state index in [4.69, 9.17) is 0 Å². The fourth-order valence-corrected chi connectivity index (χ4v) is 2.23. The molecule has 4 heteroatoms. The van der Waals surface area contributed by atoms with Crippen molar-refractivity contribution in [2.45, 2.75) is 65.0 Å². The standard InChI is InChI=1S/C13H24N2O2/c1-4-5-6-7-8-10(2)15-9-12(16)14-11(3)13(15)17/h10-11H,4-9H2,1-3H3,(H,14,16). The number of carbonyl (C=O) groups excluding carboxylic acids is 2. The van der Waals surface area contributed by atoms with Crippen molar-refractivity contribution < 1.29 is 9.59 Å². The first-order valence-electron chi connectivity index (χ1n) is 6.66. The van der Waals surface area contributed by atoms with Gasteiger partial charge in [-0.05, 0) is 20.3 Å². The molecule has 1 fully saturated rings. The van der Waals surface area contributed by atoms with Crippen LogP contribution >= 0.6 is 0 Å². The molecule has 4 nitrogen and oxygen atoms in total. The highest BCUT2D eigenvalue weighted by molar-refractivity contribution is 5.94. The van der Waals surface area contributed by atoms with E-state index < -0.39 is 0 Å². The average molecular weight is 240 g/mol. The third kappa shape index (κ3) is 4.02. The molecular weight excluding hydrogens is 216 g/mol. The van der Waals surface area contributed by atoms with Crippen molar-refractivity contribution in [2.24, 2.45) is 0 Å². The molecule has 0 radical (unpaired) electrons. The lowest BCUT2D eigenvalue weighted by Crippen LogP contribution is -2.59. The van der Waals surface area contributed by atoms with Crippen LogP contribution in [0.1, 0.15) is 52.9 Å². The molecule has 0 aromatic carbocycles. The molecule has 1 heterocycles. The van der Waals surface area contributed by atoms with Crippen LogP contribution in [0.3, 0.4) is 0 Å². The van der Waals surface area contributed by atoms with Crippen molar-refractivity contribution in [1.82, 2.24) is 10.2 Å². The summed E-state index contributed by atoms with van der Waals surface area (Å²) in [5, 5.41) is 2.66. The number of carbonyl (C=O) groups is 2. The predicted octanol–water partition coefficient (Wildman–Crippen LogP) is 1.69. The Bertz CT molecular complexity index is 279. The van der Waals surface area contributed by atoms with Crippen molar-refractivity contribution >= 4 is 11.8 Å². The Hall–Kier alpha value is -1.06. The summed E-state index contributed by atoms with van der Waals surface area (Å²) >= 11 is 0. The topological polar surface area (TPSA) is 49.4 Å².